The standard InChI is InChI=1S/C19H24N2O2/c22-19(23)17-16(13-12-14-8-4-1-2-5-9-14)20-18(21-17)15-10-6-3-7-11-15/h3,6-7,10-11,14H,1-2,4-5,8-9,12-13H2,(H,20,21)(H,22,23). The number of nitrogens with zero attached hydrogens (tertiary/aromatic N) is 1. The highest BCUT2D eigenvalue weighted by atomic mass is 16.4. The molecule has 0 unspecified atom stereocenters. The second-order valence-electron chi connectivity index (χ2n) is 6.48. The van der Waals surface area contributed by atoms with Gasteiger partial charge in [0.1, 0.15) is 5.82 Å². The molecule has 2 N–H and O–H groups in total. The van der Waals surface area contributed by atoms with Crippen molar-refractivity contribution in [3.8, 4) is 11.4 Å². The first kappa shape index (κ1) is 15.8. The van der Waals surface area contributed by atoms with Crippen LogP contribution in [-0.4, -0.2) is 21.0 Å². The Bertz CT molecular complexity index is 641. The zero-order valence-electron chi connectivity index (χ0n) is 13.4. The topological polar surface area (TPSA) is 66.0 Å². The van der Waals surface area contributed by atoms with Crippen LogP contribution in [0.3, 0.4) is 0 Å². The first-order valence-electron chi connectivity index (χ1n) is 8.61. The predicted molar refractivity (Wildman–Crippen MR) is 90.5 cm³/mol. The molecule has 0 amide bonds. The van der Waals surface area contributed by atoms with Gasteiger partial charge in [0.2, 0.25) is 0 Å². The molecule has 1 aromatic carbocycles. The lowest BCUT2D eigenvalue weighted by Gasteiger charge is -2.12. The molecular formula is C19H24N2O2. The van der Waals surface area contributed by atoms with Crippen molar-refractivity contribution < 1.29 is 9.90 Å². The van der Waals surface area contributed by atoms with Gasteiger partial charge < -0.3 is 10.1 Å². The second kappa shape index (κ2) is 7.44. The molecule has 1 aliphatic rings. The lowest BCUT2D eigenvalue weighted by atomic mass is 9.94. The third-order valence-corrected chi connectivity index (χ3v) is 4.81. The third-order valence-electron chi connectivity index (χ3n) is 4.81. The van der Waals surface area contributed by atoms with Crippen LogP contribution in [0.2, 0.25) is 0 Å². The largest absolute Gasteiger partial charge is 0.476 e. The number of imidazole rings is 1. The van der Waals surface area contributed by atoms with Crippen LogP contribution in [0.5, 0.6) is 0 Å². The van der Waals surface area contributed by atoms with Crippen LogP contribution in [0.1, 0.15) is 61.1 Å². The molecule has 0 saturated heterocycles. The van der Waals surface area contributed by atoms with E-state index in [0.29, 0.717) is 5.82 Å². The van der Waals surface area contributed by atoms with Crippen molar-refractivity contribution in [1.29, 1.82) is 0 Å². The smallest absolute Gasteiger partial charge is 0.356 e. The zero-order valence-corrected chi connectivity index (χ0v) is 13.4. The van der Waals surface area contributed by atoms with Gasteiger partial charge in [-0.1, -0.05) is 68.9 Å². The van der Waals surface area contributed by atoms with Gasteiger partial charge >= 0.3 is 5.97 Å². The summed E-state index contributed by atoms with van der Waals surface area (Å²) in [5.74, 6) is 0.431. The molecule has 0 atom stereocenters. The molecule has 2 aromatic rings. The van der Waals surface area contributed by atoms with E-state index in [-0.39, 0.29) is 5.69 Å². The van der Waals surface area contributed by atoms with Crippen LogP contribution in [0, 0.1) is 5.92 Å². The molecule has 1 saturated carbocycles. The number of aryl methyl sites for hydroxylation is 1. The lowest BCUT2D eigenvalue weighted by molar-refractivity contribution is 0.0689. The summed E-state index contributed by atoms with van der Waals surface area (Å²) in [7, 11) is 0. The quantitative estimate of drug-likeness (QED) is 0.788. The predicted octanol–water partition coefficient (Wildman–Crippen LogP) is 4.68. The van der Waals surface area contributed by atoms with E-state index >= 15 is 0 Å². The van der Waals surface area contributed by atoms with Crippen LogP contribution in [0.25, 0.3) is 11.4 Å². The summed E-state index contributed by atoms with van der Waals surface area (Å²) >= 11 is 0. The van der Waals surface area contributed by atoms with Gasteiger partial charge in [0, 0.05) is 11.3 Å². The number of carbonyl (C=O) groups is 1. The molecule has 0 radical (unpaired) electrons. The monoisotopic (exact) mass is 312 g/mol. The van der Waals surface area contributed by atoms with E-state index in [1.165, 1.54) is 38.5 Å². The fourth-order valence-electron chi connectivity index (χ4n) is 3.50. The third kappa shape index (κ3) is 4.01. The molecule has 1 aromatic heterocycles. The maximum atomic E-state index is 11.5. The molecule has 0 spiro atoms. The SMILES string of the molecule is O=C(O)c1nc(-c2ccccc2)[nH]c1CCC1CCCCCC1. The number of carboxylic acids is 1. The van der Waals surface area contributed by atoms with E-state index in [9.17, 15) is 9.90 Å². The van der Waals surface area contributed by atoms with Crippen molar-refractivity contribution in [3.05, 3.63) is 41.7 Å². The number of benzene rings is 1. The normalized spacial score (nSPS) is 16.2. The van der Waals surface area contributed by atoms with Gasteiger partial charge in [0.05, 0.1) is 0 Å². The van der Waals surface area contributed by atoms with Gasteiger partial charge in [-0.15, -0.1) is 0 Å². The molecule has 1 fully saturated rings. The number of aromatic amines is 1. The number of rotatable bonds is 5. The molecule has 4 heteroatoms. The van der Waals surface area contributed by atoms with Crippen LogP contribution >= 0.6 is 0 Å². The molecule has 23 heavy (non-hydrogen) atoms. The first-order valence-corrected chi connectivity index (χ1v) is 8.61. The Labute approximate surface area is 137 Å². The fraction of sp³-hybridized carbons (Fsp3) is 0.474. The molecule has 1 aliphatic carbocycles. The van der Waals surface area contributed by atoms with E-state index < -0.39 is 5.97 Å². The molecule has 1 heterocycles. The van der Waals surface area contributed by atoms with E-state index in [1.807, 2.05) is 30.3 Å². The van der Waals surface area contributed by atoms with Gasteiger partial charge in [-0.3, -0.25) is 0 Å². The van der Waals surface area contributed by atoms with Crippen molar-refractivity contribution >= 4 is 5.97 Å². The molecule has 4 nitrogen and oxygen atoms in total. The van der Waals surface area contributed by atoms with Gasteiger partial charge in [-0.05, 0) is 18.8 Å². The summed E-state index contributed by atoms with van der Waals surface area (Å²) in [5.41, 5.74) is 1.87. The van der Waals surface area contributed by atoms with Crippen molar-refractivity contribution in [3.63, 3.8) is 0 Å². The van der Waals surface area contributed by atoms with E-state index in [2.05, 4.69) is 9.97 Å². The zero-order chi connectivity index (χ0) is 16.1. The Balaban J connectivity index is 1.75. The molecular weight excluding hydrogens is 288 g/mol. The van der Waals surface area contributed by atoms with Crippen molar-refractivity contribution in [2.75, 3.05) is 0 Å². The van der Waals surface area contributed by atoms with Gasteiger partial charge in [0.15, 0.2) is 5.69 Å². The van der Waals surface area contributed by atoms with Crippen molar-refractivity contribution in [2.45, 2.75) is 51.4 Å². The first-order chi connectivity index (χ1) is 11.2. The number of nitrogens with one attached hydrogen (secondary N) is 1. The summed E-state index contributed by atoms with van der Waals surface area (Å²) in [5, 5.41) is 9.43. The Kier molecular flexibility index (Phi) is 5.11. The van der Waals surface area contributed by atoms with Gasteiger partial charge in [-0.2, -0.15) is 0 Å². The Morgan fingerprint density at radius 1 is 1.13 bits per heavy atom. The highest BCUT2D eigenvalue weighted by molar-refractivity contribution is 5.87. The molecule has 3 rings (SSSR count). The maximum absolute atomic E-state index is 11.5. The number of hydrogen-bond donors (Lipinski definition) is 2. The maximum Gasteiger partial charge on any atom is 0.356 e. The summed E-state index contributed by atoms with van der Waals surface area (Å²) in [6.45, 7) is 0. The van der Waals surface area contributed by atoms with Crippen molar-refractivity contribution in [2.24, 2.45) is 5.92 Å². The number of aromatic nitrogens is 2. The Hall–Kier alpha value is -2.10. The van der Waals surface area contributed by atoms with E-state index in [1.54, 1.807) is 0 Å². The van der Waals surface area contributed by atoms with Crippen LogP contribution in [0.4, 0.5) is 0 Å². The minimum atomic E-state index is -0.945. The van der Waals surface area contributed by atoms with E-state index in [4.69, 9.17) is 0 Å². The van der Waals surface area contributed by atoms with Gasteiger partial charge in [-0.25, -0.2) is 9.78 Å². The Morgan fingerprint density at radius 2 is 1.83 bits per heavy atom. The lowest BCUT2D eigenvalue weighted by Crippen LogP contribution is -2.06. The van der Waals surface area contributed by atoms with Crippen molar-refractivity contribution in [1.82, 2.24) is 9.97 Å². The van der Waals surface area contributed by atoms with Gasteiger partial charge in [0.25, 0.3) is 0 Å². The number of aromatic carboxylic acids is 1. The van der Waals surface area contributed by atoms with Crippen LogP contribution in [0.15, 0.2) is 30.3 Å². The fourth-order valence-corrected chi connectivity index (χ4v) is 3.50. The summed E-state index contributed by atoms with van der Waals surface area (Å²) < 4.78 is 0. The van der Waals surface area contributed by atoms with Crippen LogP contribution < -0.4 is 0 Å². The minimum Gasteiger partial charge on any atom is -0.476 e. The number of hydrogen-bond acceptors (Lipinski definition) is 2. The second-order valence-corrected chi connectivity index (χ2v) is 6.48. The summed E-state index contributed by atoms with van der Waals surface area (Å²) in [4.78, 5) is 19.0. The van der Waals surface area contributed by atoms with E-state index in [0.717, 1.165) is 30.0 Å². The Morgan fingerprint density at radius 3 is 2.48 bits per heavy atom. The highest BCUT2D eigenvalue weighted by Gasteiger charge is 2.19. The number of H-pyrrole nitrogens is 1. The molecule has 0 bridgehead atoms. The summed E-state index contributed by atoms with van der Waals surface area (Å²) in [6, 6.07) is 9.70. The highest BCUT2D eigenvalue weighted by Crippen LogP contribution is 2.27. The molecule has 122 valence electrons. The summed E-state index contributed by atoms with van der Waals surface area (Å²) in [6.07, 6.45) is 9.70. The average molecular weight is 312 g/mol. The van der Waals surface area contributed by atoms with Crippen LogP contribution in [-0.2, 0) is 6.42 Å². The average Bonchev–Trinajstić information content (AvgIpc) is 2.83. The minimum absolute atomic E-state index is 0.178. The molecule has 0 aliphatic heterocycles. The number of carboxylic acid groups (broad SMARTS) is 1.